The fraction of sp³-hybridized carbons (Fsp3) is 0.0323. The molecule has 0 N–H and O–H groups in total. The smallest absolute Gasteiger partial charge is 0.137 e. The molecule has 0 amide bonds. The van der Waals surface area contributed by atoms with Gasteiger partial charge in [0, 0.05) is 33.9 Å². The Labute approximate surface area is 373 Å². The quantitative estimate of drug-likeness (QED) is 0.166. The molecule has 1 spiro atoms. The molecule has 13 rings (SSSR count). The van der Waals surface area contributed by atoms with Crippen molar-refractivity contribution < 1.29 is 4.42 Å². The summed E-state index contributed by atoms with van der Waals surface area (Å²) in [6.07, 6.45) is 0. The van der Waals surface area contributed by atoms with E-state index < -0.39 is 10.8 Å². The van der Waals surface area contributed by atoms with Crippen molar-refractivity contribution in [3.8, 4) is 22.3 Å². The van der Waals surface area contributed by atoms with Crippen LogP contribution in [0, 0.1) is 0 Å². The lowest BCUT2D eigenvalue weighted by molar-refractivity contribution is 0.623. The van der Waals surface area contributed by atoms with Crippen LogP contribution in [0.2, 0.25) is 0 Å². The number of furan rings is 1. The average molecular weight is 816 g/mol. The molecule has 2 aliphatic carbocycles. The normalized spacial score (nSPS) is 13.9. The van der Waals surface area contributed by atoms with E-state index in [1.54, 1.807) is 0 Å². The predicted octanol–water partition coefficient (Wildman–Crippen LogP) is 15.8. The number of hydrogen-bond donors (Lipinski definition) is 0. The molecule has 1 heterocycles. The summed E-state index contributed by atoms with van der Waals surface area (Å²) in [6, 6.07) is 91.6. The third-order valence-corrected chi connectivity index (χ3v) is 14.0. The third-order valence-electron chi connectivity index (χ3n) is 14.0. The van der Waals surface area contributed by atoms with Gasteiger partial charge in [0.05, 0.1) is 10.8 Å². The largest absolute Gasteiger partial charge is 0.456 e. The van der Waals surface area contributed by atoms with E-state index in [9.17, 15) is 0 Å². The zero-order valence-electron chi connectivity index (χ0n) is 35.0. The second-order valence-electron chi connectivity index (χ2n) is 17.1. The van der Waals surface area contributed by atoms with Crippen LogP contribution >= 0.6 is 0 Å². The Morgan fingerprint density at radius 2 is 0.734 bits per heavy atom. The highest BCUT2D eigenvalue weighted by Crippen LogP contribution is 2.65. The Balaban J connectivity index is 1.09. The van der Waals surface area contributed by atoms with Crippen LogP contribution in [0.25, 0.3) is 44.2 Å². The standard InChI is InChI=1S/C62H41NO/c1-4-18-42(19-5-1)43-32-34-46(35-33-43)63(48-37-39-52-51-25-11-17-31-59(51)64-60(52)41-48)47-36-38-50-49-24-10-12-26-53(49)62(58(50)40-47)56-29-15-13-27-54(56)61(44-20-6-2-7-21-44,45-22-8-3-9-23-45)55-28-14-16-30-57(55)62/h1-41H. The molecular formula is C62H41NO. The summed E-state index contributed by atoms with van der Waals surface area (Å²) >= 11 is 0. The zero-order chi connectivity index (χ0) is 42.2. The van der Waals surface area contributed by atoms with Crippen LogP contribution < -0.4 is 4.90 Å². The van der Waals surface area contributed by atoms with Gasteiger partial charge in [-0.3, -0.25) is 0 Å². The summed E-state index contributed by atoms with van der Waals surface area (Å²) in [4.78, 5) is 2.40. The van der Waals surface area contributed by atoms with E-state index in [4.69, 9.17) is 4.42 Å². The van der Waals surface area contributed by atoms with Gasteiger partial charge < -0.3 is 9.32 Å². The number of rotatable bonds is 6. The number of nitrogens with zero attached hydrogens (tertiary/aromatic N) is 1. The SMILES string of the molecule is c1ccc(-c2ccc(N(c3ccc4c(c3)C3(c5ccccc5-4)c4ccccc4C(c4ccccc4)(c4ccccc4)c4ccccc43)c3ccc4c(c3)oc3ccccc34)cc2)cc1. The molecule has 0 fully saturated rings. The Bertz CT molecular complexity index is 3460. The van der Waals surface area contributed by atoms with Gasteiger partial charge in [-0.15, -0.1) is 0 Å². The van der Waals surface area contributed by atoms with Crippen LogP contribution in [0.15, 0.2) is 253 Å². The monoisotopic (exact) mass is 815 g/mol. The van der Waals surface area contributed by atoms with Crippen molar-refractivity contribution in [1.29, 1.82) is 0 Å². The molecule has 0 saturated carbocycles. The molecular weight excluding hydrogens is 775 g/mol. The molecule has 2 heteroatoms. The molecule has 2 nitrogen and oxygen atoms in total. The van der Waals surface area contributed by atoms with Crippen LogP contribution in [-0.4, -0.2) is 0 Å². The van der Waals surface area contributed by atoms with Crippen molar-refractivity contribution in [2.45, 2.75) is 10.8 Å². The van der Waals surface area contributed by atoms with Crippen molar-refractivity contribution in [1.82, 2.24) is 0 Å². The molecule has 0 saturated heterocycles. The average Bonchev–Trinajstić information content (AvgIpc) is 3.89. The van der Waals surface area contributed by atoms with Gasteiger partial charge in [-0.25, -0.2) is 0 Å². The lowest BCUT2D eigenvalue weighted by Crippen LogP contribution is -2.44. The van der Waals surface area contributed by atoms with Gasteiger partial charge >= 0.3 is 0 Å². The highest BCUT2D eigenvalue weighted by molar-refractivity contribution is 6.06. The summed E-state index contributed by atoms with van der Waals surface area (Å²) in [7, 11) is 0. The van der Waals surface area contributed by atoms with Gasteiger partial charge in [-0.1, -0.05) is 200 Å². The third kappa shape index (κ3) is 5.08. The molecule has 0 unspecified atom stereocenters. The first-order valence-electron chi connectivity index (χ1n) is 22.2. The minimum Gasteiger partial charge on any atom is -0.456 e. The summed E-state index contributed by atoms with van der Waals surface area (Å²) in [6.45, 7) is 0. The van der Waals surface area contributed by atoms with Crippen molar-refractivity contribution in [2.24, 2.45) is 0 Å². The first-order chi connectivity index (χ1) is 31.7. The molecule has 0 bridgehead atoms. The summed E-state index contributed by atoms with van der Waals surface area (Å²) in [5.41, 5.74) is 18.9. The Morgan fingerprint density at radius 1 is 0.281 bits per heavy atom. The van der Waals surface area contributed by atoms with Crippen molar-refractivity contribution in [3.05, 3.63) is 293 Å². The van der Waals surface area contributed by atoms with Gasteiger partial charge in [0.2, 0.25) is 0 Å². The fourth-order valence-electron chi connectivity index (χ4n) is 11.5. The molecule has 10 aromatic carbocycles. The second-order valence-corrected chi connectivity index (χ2v) is 17.1. The zero-order valence-corrected chi connectivity index (χ0v) is 35.0. The van der Waals surface area contributed by atoms with Crippen LogP contribution in [0.3, 0.4) is 0 Å². The van der Waals surface area contributed by atoms with Gasteiger partial charge in [-0.2, -0.15) is 0 Å². The molecule has 0 atom stereocenters. The van der Waals surface area contributed by atoms with E-state index in [0.717, 1.165) is 39.0 Å². The fourth-order valence-corrected chi connectivity index (χ4v) is 11.5. The number of hydrogen-bond acceptors (Lipinski definition) is 2. The molecule has 2 aliphatic rings. The summed E-state index contributed by atoms with van der Waals surface area (Å²) in [5, 5.41) is 2.23. The van der Waals surface area contributed by atoms with Crippen LogP contribution in [0.1, 0.15) is 44.5 Å². The maximum absolute atomic E-state index is 6.54. The van der Waals surface area contributed by atoms with Gasteiger partial charge in [0.25, 0.3) is 0 Å². The van der Waals surface area contributed by atoms with E-state index >= 15 is 0 Å². The van der Waals surface area contributed by atoms with Gasteiger partial charge in [-0.05, 0) is 109 Å². The summed E-state index contributed by atoms with van der Waals surface area (Å²) in [5.74, 6) is 0. The Kier molecular flexibility index (Phi) is 8.07. The van der Waals surface area contributed by atoms with E-state index in [-0.39, 0.29) is 0 Å². The predicted molar refractivity (Wildman–Crippen MR) is 263 cm³/mol. The first kappa shape index (κ1) is 36.5. The number of fused-ring (bicyclic) bond motifs is 12. The summed E-state index contributed by atoms with van der Waals surface area (Å²) < 4.78 is 6.54. The number of anilines is 3. The van der Waals surface area contributed by atoms with Crippen molar-refractivity contribution in [2.75, 3.05) is 4.90 Å². The molecule has 11 aromatic rings. The highest BCUT2D eigenvalue weighted by atomic mass is 16.3. The van der Waals surface area contributed by atoms with Crippen molar-refractivity contribution >= 4 is 39.0 Å². The first-order valence-corrected chi connectivity index (χ1v) is 22.2. The minimum absolute atomic E-state index is 0.565. The van der Waals surface area contributed by atoms with E-state index in [0.29, 0.717) is 0 Å². The molecule has 300 valence electrons. The maximum atomic E-state index is 6.54. The minimum atomic E-state index is -0.617. The highest BCUT2D eigenvalue weighted by Gasteiger charge is 2.56. The van der Waals surface area contributed by atoms with Crippen LogP contribution in [0.5, 0.6) is 0 Å². The maximum Gasteiger partial charge on any atom is 0.137 e. The van der Waals surface area contributed by atoms with Crippen LogP contribution in [-0.2, 0) is 10.8 Å². The van der Waals surface area contributed by atoms with Gasteiger partial charge in [0.1, 0.15) is 11.2 Å². The Hall–Kier alpha value is -8.20. The molecule has 64 heavy (non-hydrogen) atoms. The lowest BCUT2D eigenvalue weighted by Gasteiger charge is -2.50. The molecule has 1 aromatic heterocycles. The van der Waals surface area contributed by atoms with E-state index in [1.807, 2.05) is 6.07 Å². The molecule has 0 aliphatic heterocycles. The number of para-hydroxylation sites is 1. The van der Waals surface area contributed by atoms with E-state index in [2.05, 4.69) is 248 Å². The topological polar surface area (TPSA) is 16.4 Å². The lowest BCUT2D eigenvalue weighted by atomic mass is 9.51. The molecule has 0 radical (unpaired) electrons. The number of benzene rings is 10. The van der Waals surface area contributed by atoms with Crippen molar-refractivity contribution in [3.63, 3.8) is 0 Å². The van der Waals surface area contributed by atoms with Gasteiger partial charge in [0.15, 0.2) is 0 Å². The Morgan fingerprint density at radius 3 is 1.39 bits per heavy atom. The second kappa shape index (κ2) is 14.2. The van der Waals surface area contributed by atoms with E-state index in [1.165, 1.54) is 66.8 Å². The van der Waals surface area contributed by atoms with Crippen LogP contribution in [0.4, 0.5) is 17.1 Å².